The van der Waals surface area contributed by atoms with Crippen molar-refractivity contribution >= 4 is 29.0 Å². The molecular weight excluding hydrogens is 440 g/mol. The molecule has 2 atom stereocenters. The molecule has 0 spiro atoms. The van der Waals surface area contributed by atoms with E-state index in [0.29, 0.717) is 17.4 Å². The predicted octanol–water partition coefficient (Wildman–Crippen LogP) is 4.37. The first-order chi connectivity index (χ1) is 15.8. The average molecular weight is 469 g/mol. The van der Waals surface area contributed by atoms with Gasteiger partial charge in [0.1, 0.15) is 0 Å². The van der Waals surface area contributed by atoms with Crippen LogP contribution in [0.15, 0.2) is 59.8 Å². The molecule has 0 aliphatic carbocycles. The molecule has 174 valence electrons. The number of carbonyl (C=O) groups excluding carboxylic acids is 1. The van der Waals surface area contributed by atoms with Crippen LogP contribution in [0.3, 0.4) is 0 Å². The fourth-order valence-electron chi connectivity index (χ4n) is 3.48. The Hall–Kier alpha value is -3.24. The van der Waals surface area contributed by atoms with Crippen LogP contribution in [0.1, 0.15) is 37.7 Å². The molecule has 0 aliphatic heterocycles. The van der Waals surface area contributed by atoms with Gasteiger partial charge in [0.2, 0.25) is 5.91 Å². The van der Waals surface area contributed by atoms with Crippen molar-refractivity contribution in [2.45, 2.75) is 43.3 Å². The zero-order chi connectivity index (χ0) is 24.0. The van der Waals surface area contributed by atoms with Crippen LogP contribution in [-0.4, -0.2) is 49.8 Å². The summed E-state index contributed by atoms with van der Waals surface area (Å²) >= 11 is 1.31. The Labute approximate surface area is 197 Å². The molecular formula is C23H28N6O3S. The topological polar surface area (TPSA) is 106 Å². The number of benzene rings is 2. The molecule has 0 bridgehead atoms. The Bertz CT molecular complexity index is 1100. The molecule has 2 aromatic carbocycles. The van der Waals surface area contributed by atoms with Gasteiger partial charge in [-0.1, -0.05) is 55.1 Å². The fraction of sp³-hybridized carbons (Fsp3) is 0.348. The number of hydrogen-bond acceptors (Lipinski definition) is 7. The van der Waals surface area contributed by atoms with E-state index < -0.39 is 10.2 Å². The second-order valence-electron chi connectivity index (χ2n) is 7.86. The summed E-state index contributed by atoms with van der Waals surface area (Å²) in [5.41, 5.74) is 1.42. The number of rotatable bonds is 10. The highest BCUT2D eigenvalue weighted by Gasteiger charge is 2.25. The monoisotopic (exact) mass is 468 g/mol. The molecule has 10 heteroatoms. The van der Waals surface area contributed by atoms with E-state index in [9.17, 15) is 14.9 Å². The lowest BCUT2D eigenvalue weighted by molar-refractivity contribution is -0.384. The molecule has 0 saturated heterocycles. The molecule has 0 aliphatic rings. The standard InChI is InChI=1S/C23H28N6O3S/c1-5-20(27(3)4)21-25-26-23(28(21)15-17-10-7-6-8-11-17)33-16(2)22(30)24-18-12-9-13-19(14-18)29(31)32/h6-14,16,20H,5,15H2,1-4H3,(H,24,30). The number of nitrogens with zero attached hydrogens (tertiary/aromatic N) is 5. The maximum Gasteiger partial charge on any atom is 0.271 e. The first-order valence-electron chi connectivity index (χ1n) is 10.7. The van der Waals surface area contributed by atoms with Gasteiger partial charge in [0.25, 0.3) is 5.69 Å². The highest BCUT2D eigenvalue weighted by molar-refractivity contribution is 8.00. The van der Waals surface area contributed by atoms with Crippen LogP contribution in [0.25, 0.3) is 0 Å². The summed E-state index contributed by atoms with van der Waals surface area (Å²) < 4.78 is 2.06. The van der Waals surface area contributed by atoms with Crippen molar-refractivity contribution in [3.63, 3.8) is 0 Å². The van der Waals surface area contributed by atoms with Crippen LogP contribution in [0.4, 0.5) is 11.4 Å². The van der Waals surface area contributed by atoms with E-state index in [-0.39, 0.29) is 17.6 Å². The minimum atomic E-state index is -0.490. The number of aromatic nitrogens is 3. The van der Waals surface area contributed by atoms with Gasteiger partial charge in [0.15, 0.2) is 11.0 Å². The minimum Gasteiger partial charge on any atom is -0.325 e. The van der Waals surface area contributed by atoms with Crippen molar-refractivity contribution in [1.82, 2.24) is 19.7 Å². The van der Waals surface area contributed by atoms with Gasteiger partial charge in [-0.25, -0.2) is 0 Å². The minimum absolute atomic E-state index is 0.0744. The number of nitrogens with one attached hydrogen (secondary N) is 1. The summed E-state index contributed by atoms with van der Waals surface area (Å²) in [5, 5.41) is 22.8. The van der Waals surface area contributed by atoms with Crippen molar-refractivity contribution in [3.05, 3.63) is 76.1 Å². The van der Waals surface area contributed by atoms with E-state index >= 15 is 0 Å². The quantitative estimate of drug-likeness (QED) is 0.268. The molecule has 3 aromatic rings. The van der Waals surface area contributed by atoms with Gasteiger partial charge >= 0.3 is 0 Å². The molecule has 0 fully saturated rings. The smallest absolute Gasteiger partial charge is 0.271 e. The van der Waals surface area contributed by atoms with Crippen LogP contribution in [0, 0.1) is 10.1 Å². The summed E-state index contributed by atoms with van der Waals surface area (Å²) in [6.07, 6.45) is 0.868. The second-order valence-corrected chi connectivity index (χ2v) is 9.16. The number of hydrogen-bond donors (Lipinski definition) is 1. The Morgan fingerprint density at radius 1 is 1.18 bits per heavy atom. The van der Waals surface area contributed by atoms with E-state index in [0.717, 1.165) is 17.8 Å². The second kappa shape index (κ2) is 11.1. The molecule has 33 heavy (non-hydrogen) atoms. The number of non-ortho nitro benzene ring substituents is 1. The fourth-order valence-corrected chi connectivity index (χ4v) is 4.34. The van der Waals surface area contributed by atoms with Crippen LogP contribution in [-0.2, 0) is 11.3 Å². The van der Waals surface area contributed by atoms with Crippen LogP contribution in [0.2, 0.25) is 0 Å². The van der Waals surface area contributed by atoms with E-state index in [1.807, 2.05) is 44.4 Å². The zero-order valence-corrected chi connectivity index (χ0v) is 20.0. The largest absolute Gasteiger partial charge is 0.325 e. The lowest BCUT2D eigenvalue weighted by Crippen LogP contribution is -2.25. The number of carbonyl (C=O) groups is 1. The summed E-state index contributed by atoms with van der Waals surface area (Å²) in [7, 11) is 4.02. The lowest BCUT2D eigenvalue weighted by atomic mass is 10.2. The third-order valence-corrected chi connectivity index (χ3v) is 6.29. The molecule has 1 aromatic heterocycles. The van der Waals surface area contributed by atoms with Crippen molar-refractivity contribution in [2.24, 2.45) is 0 Å². The Morgan fingerprint density at radius 3 is 2.55 bits per heavy atom. The van der Waals surface area contributed by atoms with Gasteiger partial charge in [0, 0.05) is 17.8 Å². The Kier molecular flexibility index (Phi) is 8.18. The van der Waals surface area contributed by atoms with E-state index in [2.05, 4.69) is 31.9 Å². The van der Waals surface area contributed by atoms with Crippen molar-refractivity contribution in [3.8, 4) is 0 Å². The van der Waals surface area contributed by atoms with Gasteiger partial charge in [-0.3, -0.25) is 19.8 Å². The lowest BCUT2D eigenvalue weighted by Gasteiger charge is -2.23. The van der Waals surface area contributed by atoms with Gasteiger partial charge in [-0.2, -0.15) is 0 Å². The van der Waals surface area contributed by atoms with Crippen LogP contribution in [0.5, 0.6) is 0 Å². The first-order valence-corrected chi connectivity index (χ1v) is 11.5. The molecule has 1 heterocycles. The van der Waals surface area contributed by atoms with Gasteiger partial charge in [-0.15, -0.1) is 10.2 Å². The third kappa shape index (κ3) is 6.17. The van der Waals surface area contributed by atoms with E-state index in [1.54, 1.807) is 19.1 Å². The van der Waals surface area contributed by atoms with Crippen molar-refractivity contribution in [1.29, 1.82) is 0 Å². The number of nitro benzene ring substituents is 1. The average Bonchev–Trinajstić information content (AvgIpc) is 3.16. The number of amides is 1. The highest BCUT2D eigenvalue weighted by Crippen LogP contribution is 2.29. The van der Waals surface area contributed by atoms with Gasteiger partial charge in [0.05, 0.1) is 22.8 Å². The van der Waals surface area contributed by atoms with Crippen LogP contribution >= 0.6 is 11.8 Å². The molecule has 3 rings (SSSR count). The maximum absolute atomic E-state index is 12.8. The van der Waals surface area contributed by atoms with Crippen molar-refractivity contribution in [2.75, 3.05) is 19.4 Å². The molecule has 0 radical (unpaired) electrons. The SMILES string of the molecule is CCC(c1nnc(SC(C)C(=O)Nc2cccc([N+](=O)[O-])c2)n1Cc1ccccc1)N(C)C. The van der Waals surface area contributed by atoms with E-state index in [4.69, 9.17) is 0 Å². The van der Waals surface area contributed by atoms with Crippen molar-refractivity contribution < 1.29 is 9.72 Å². The normalized spacial score (nSPS) is 13.0. The number of thioether (sulfide) groups is 1. The Balaban J connectivity index is 1.82. The summed E-state index contributed by atoms with van der Waals surface area (Å²) in [6, 6.07) is 16.0. The van der Waals surface area contributed by atoms with E-state index in [1.165, 1.54) is 23.9 Å². The third-order valence-electron chi connectivity index (χ3n) is 5.21. The highest BCUT2D eigenvalue weighted by atomic mass is 32.2. The molecule has 1 amide bonds. The molecule has 9 nitrogen and oxygen atoms in total. The van der Waals surface area contributed by atoms with Gasteiger partial charge < -0.3 is 9.88 Å². The summed E-state index contributed by atoms with van der Waals surface area (Å²) in [4.78, 5) is 25.4. The Morgan fingerprint density at radius 2 is 1.91 bits per heavy atom. The molecule has 1 N–H and O–H groups in total. The summed E-state index contributed by atoms with van der Waals surface area (Å²) in [5.74, 6) is 0.580. The molecule has 2 unspecified atom stereocenters. The molecule has 0 saturated carbocycles. The number of anilines is 1. The summed E-state index contributed by atoms with van der Waals surface area (Å²) in [6.45, 7) is 4.48. The zero-order valence-electron chi connectivity index (χ0n) is 19.1. The van der Waals surface area contributed by atoms with Crippen LogP contribution < -0.4 is 5.32 Å². The number of nitro groups is 1. The maximum atomic E-state index is 12.8. The van der Waals surface area contributed by atoms with Gasteiger partial charge in [-0.05, 0) is 39.1 Å². The first kappa shape index (κ1) is 24.4. The predicted molar refractivity (Wildman–Crippen MR) is 129 cm³/mol.